The van der Waals surface area contributed by atoms with Crippen molar-refractivity contribution in [2.24, 2.45) is 62.6 Å². The Hall–Kier alpha value is -1.77. The summed E-state index contributed by atoms with van der Waals surface area (Å²) >= 11 is 0. The van der Waals surface area contributed by atoms with Gasteiger partial charge in [-0.15, -0.1) is 0 Å². The fraction of sp³-hybridized carbons (Fsp3) is 0.875. The molecule has 2 bridgehead atoms. The number of carbonyl (C=O) groups excluding carboxylic acids is 2. The Morgan fingerprint density at radius 3 is 2.25 bits per heavy atom. The van der Waals surface area contributed by atoms with E-state index in [4.69, 9.17) is 14.2 Å². The van der Waals surface area contributed by atoms with E-state index in [1.54, 1.807) is 0 Å². The number of ketones is 1. The highest BCUT2D eigenvalue weighted by Gasteiger charge is 2.74. The average Bonchev–Trinajstić information content (AvgIpc) is 2.97. The van der Waals surface area contributed by atoms with Crippen LogP contribution in [0.4, 0.5) is 0 Å². The van der Waals surface area contributed by atoms with Gasteiger partial charge in [-0.1, -0.05) is 67.9 Å². The molecule has 4 aliphatic carbocycles. The topological polar surface area (TPSA) is 102 Å². The van der Waals surface area contributed by atoms with Crippen molar-refractivity contribution in [2.75, 3.05) is 33.9 Å². The van der Waals surface area contributed by atoms with Crippen LogP contribution >= 0.6 is 0 Å². The van der Waals surface area contributed by atoms with Crippen LogP contribution in [0.1, 0.15) is 108 Å². The third kappa shape index (κ3) is 5.03. The summed E-state index contributed by atoms with van der Waals surface area (Å²) < 4.78 is 19.7. The van der Waals surface area contributed by atoms with E-state index in [2.05, 4.69) is 81.3 Å². The van der Waals surface area contributed by atoms with Crippen molar-refractivity contribution in [1.29, 1.82) is 0 Å². The van der Waals surface area contributed by atoms with E-state index in [0.29, 0.717) is 38.1 Å². The lowest BCUT2D eigenvalue weighted by atomic mass is 9.34. The van der Waals surface area contributed by atoms with Crippen LogP contribution in [0.2, 0.25) is 0 Å². The Kier molecular flexibility index (Phi) is 9.51. The van der Waals surface area contributed by atoms with Gasteiger partial charge in [0.15, 0.2) is 5.78 Å². The number of ether oxygens (including phenoxy) is 3. The molecule has 0 amide bonds. The van der Waals surface area contributed by atoms with Crippen molar-refractivity contribution >= 4 is 17.7 Å². The first kappa shape index (κ1) is 37.5. The lowest BCUT2D eigenvalue weighted by Crippen LogP contribution is -2.71. The fourth-order valence-electron chi connectivity index (χ4n) is 12.0. The van der Waals surface area contributed by atoms with Gasteiger partial charge in [-0.3, -0.25) is 14.4 Å². The van der Waals surface area contributed by atoms with Crippen LogP contribution in [0.5, 0.6) is 0 Å². The molecular formula is C40H65NO7. The molecule has 12 atom stereocenters. The molecule has 0 aromatic carbocycles. The molecule has 0 unspecified atom stereocenters. The Morgan fingerprint density at radius 2 is 1.71 bits per heavy atom. The van der Waals surface area contributed by atoms with E-state index in [9.17, 15) is 19.5 Å². The monoisotopic (exact) mass is 671 g/mol. The molecule has 0 aromatic rings. The summed E-state index contributed by atoms with van der Waals surface area (Å²) in [7, 11) is 4.16. The van der Waals surface area contributed by atoms with E-state index in [1.165, 1.54) is 6.92 Å². The van der Waals surface area contributed by atoms with Gasteiger partial charge < -0.3 is 24.2 Å². The largest absolute Gasteiger partial charge is 0.481 e. The number of rotatable bonds is 9. The minimum absolute atomic E-state index is 0.0385. The molecule has 3 saturated carbocycles. The third-order valence-electron chi connectivity index (χ3n) is 16.1. The molecule has 4 fully saturated rings. The maximum Gasteiger partial charge on any atom is 0.308 e. The molecule has 5 rings (SSSR count). The predicted molar refractivity (Wildman–Crippen MR) is 186 cm³/mol. The van der Waals surface area contributed by atoms with Crippen molar-refractivity contribution in [3.8, 4) is 0 Å². The molecule has 272 valence electrons. The van der Waals surface area contributed by atoms with Gasteiger partial charge in [0.05, 0.1) is 25.7 Å². The van der Waals surface area contributed by atoms with Crippen molar-refractivity contribution < 1.29 is 33.7 Å². The highest BCUT2D eigenvalue weighted by molar-refractivity contribution is 6.00. The van der Waals surface area contributed by atoms with Crippen LogP contribution < -0.4 is 0 Å². The van der Waals surface area contributed by atoms with Gasteiger partial charge in [0.25, 0.3) is 0 Å². The Morgan fingerprint density at radius 1 is 1.06 bits per heavy atom. The summed E-state index contributed by atoms with van der Waals surface area (Å²) in [5.74, 6) is -1.06. The molecule has 1 saturated heterocycles. The number of carbonyl (C=O) groups is 3. The second kappa shape index (κ2) is 12.2. The summed E-state index contributed by atoms with van der Waals surface area (Å²) in [4.78, 5) is 43.2. The lowest BCUT2D eigenvalue weighted by molar-refractivity contribution is -0.270. The van der Waals surface area contributed by atoms with Crippen molar-refractivity contribution in [3.63, 3.8) is 0 Å². The number of likely N-dealkylation sites (N-methyl/N-ethyl adjacent to an activating group) is 1. The van der Waals surface area contributed by atoms with E-state index < -0.39 is 45.1 Å². The van der Waals surface area contributed by atoms with Gasteiger partial charge in [-0.2, -0.15) is 0 Å². The van der Waals surface area contributed by atoms with Crippen LogP contribution in [0.25, 0.3) is 0 Å². The zero-order valence-corrected chi connectivity index (χ0v) is 32.2. The molecular weight excluding hydrogens is 606 g/mol. The molecule has 8 heteroatoms. The van der Waals surface area contributed by atoms with E-state index in [-0.39, 0.29) is 41.1 Å². The number of nitrogens with zero attached hydrogens (tertiary/aromatic N) is 1. The maximum atomic E-state index is 14.9. The smallest absolute Gasteiger partial charge is 0.308 e. The van der Waals surface area contributed by atoms with Gasteiger partial charge in [0.2, 0.25) is 0 Å². The molecule has 5 aliphatic rings. The Labute approximate surface area is 290 Å². The molecule has 1 heterocycles. The maximum absolute atomic E-state index is 14.9. The standard InChI is InChI=1S/C40H65NO7/c1-23(2)25(5)35(7)16-17-37(9)27-14-15-30-36(8)20-46-22-40(30,28(27)18-31(43)39(37,11)32(35)34(44)45)19-29(48-26(6)42)33(36)47-21-38(10,24(3)4)41(12)13/h18,23-25,27,29-30,32-33H,14-17,19-22H2,1-13H3,(H,44,45)/t25-,27+,29-,30+,32-,33+,35-,36+,37-,38+,39+,40+/m1/s1. The number of hydrogen-bond donors (Lipinski definition) is 1. The van der Waals surface area contributed by atoms with E-state index in [1.807, 2.05) is 13.0 Å². The molecule has 0 radical (unpaired) electrons. The summed E-state index contributed by atoms with van der Waals surface area (Å²) in [5, 5.41) is 11.0. The molecule has 8 nitrogen and oxygen atoms in total. The minimum Gasteiger partial charge on any atom is -0.481 e. The van der Waals surface area contributed by atoms with Crippen LogP contribution in [0, 0.1) is 62.6 Å². The Balaban J connectivity index is 1.61. The van der Waals surface area contributed by atoms with Crippen LogP contribution in [0.3, 0.4) is 0 Å². The number of hydrogen-bond acceptors (Lipinski definition) is 7. The van der Waals surface area contributed by atoms with Gasteiger partial charge >= 0.3 is 11.9 Å². The number of carboxylic acids is 1. The van der Waals surface area contributed by atoms with Crippen LogP contribution in [-0.4, -0.2) is 79.4 Å². The quantitative estimate of drug-likeness (QED) is 0.260. The molecule has 1 N–H and O–H groups in total. The Bertz CT molecular complexity index is 1330. The van der Waals surface area contributed by atoms with E-state index >= 15 is 0 Å². The third-order valence-corrected chi connectivity index (χ3v) is 16.1. The van der Waals surface area contributed by atoms with E-state index in [0.717, 1.165) is 31.3 Å². The highest BCUT2D eigenvalue weighted by Crippen LogP contribution is 2.74. The first-order valence-corrected chi connectivity index (χ1v) is 18.6. The minimum atomic E-state index is -1.05. The molecule has 48 heavy (non-hydrogen) atoms. The van der Waals surface area contributed by atoms with Gasteiger partial charge in [-0.05, 0) is 99.6 Å². The van der Waals surface area contributed by atoms with Crippen LogP contribution in [-0.2, 0) is 28.6 Å². The fourth-order valence-corrected chi connectivity index (χ4v) is 12.0. The normalized spacial score (nSPS) is 44.3. The summed E-state index contributed by atoms with van der Waals surface area (Å²) in [5.41, 5.74) is -2.15. The number of fused-ring (bicyclic) bond motifs is 3. The van der Waals surface area contributed by atoms with Gasteiger partial charge in [0, 0.05) is 28.7 Å². The van der Waals surface area contributed by atoms with Crippen LogP contribution in [0.15, 0.2) is 11.6 Å². The SMILES string of the molecule is CC(=O)O[C@@H]1C[C@@]23COC[C@@](C)([C@@H]2CC[C@H]2C3=CC(=O)[C@@]3(C)[C@H](C(=O)O)[C@@](C)([C@H](C)C(C)C)CC[C@]23C)[C@H]1OC[C@@](C)(C(C)C)N(C)C. The summed E-state index contributed by atoms with van der Waals surface area (Å²) in [6.07, 6.45) is 4.93. The van der Waals surface area contributed by atoms with Gasteiger partial charge in [-0.25, -0.2) is 0 Å². The van der Waals surface area contributed by atoms with Crippen molar-refractivity contribution in [3.05, 3.63) is 11.6 Å². The molecule has 0 aromatic heterocycles. The first-order valence-electron chi connectivity index (χ1n) is 18.6. The average molecular weight is 672 g/mol. The number of aliphatic carboxylic acids is 1. The second-order valence-corrected chi connectivity index (χ2v) is 18.7. The summed E-state index contributed by atoms with van der Waals surface area (Å²) in [6.45, 7) is 24.6. The second-order valence-electron chi connectivity index (χ2n) is 18.7. The van der Waals surface area contributed by atoms with Crippen molar-refractivity contribution in [2.45, 2.75) is 126 Å². The number of carboxylic acid groups (broad SMARTS) is 1. The number of esters is 1. The zero-order valence-electron chi connectivity index (χ0n) is 32.2. The number of allylic oxidation sites excluding steroid dienone is 1. The lowest BCUT2D eigenvalue weighted by Gasteiger charge is -2.70. The van der Waals surface area contributed by atoms with Gasteiger partial charge in [0.1, 0.15) is 12.2 Å². The first-order chi connectivity index (χ1) is 22.1. The zero-order chi connectivity index (χ0) is 36.0. The highest BCUT2D eigenvalue weighted by atomic mass is 16.6. The summed E-state index contributed by atoms with van der Waals surface area (Å²) in [6, 6.07) is 0. The van der Waals surface area contributed by atoms with Crippen molar-refractivity contribution in [1.82, 2.24) is 4.90 Å². The molecule has 0 spiro atoms. The predicted octanol–water partition coefficient (Wildman–Crippen LogP) is 7.05. The molecule has 1 aliphatic heterocycles.